The monoisotopic (exact) mass is 252 g/mol. The van der Waals surface area contributed by atoms with Gasteiger partial charge in [-0.05, 0) is 53.8 Å². The largest absolute Gasteiger partial charge is 0.385 e. The first kappa shape index (κ1) is 12.1. The second-order valence-corrected chi connectivity index (χ2v) is 5.34. The van der Waals surface area contributed by atoms with Crippen molar-refractivity contribution in [2.45, 2.75) is 12.8 Å². The number of fused-ring (bicyclic) bond motifs is 1. The number of hydrogen-bond donors (Lipinski definition) is 1. The Kier molecular flexibility index (Phi) is 3.16. The summed E-state index contributed by atoms with van der Waals surface area (Å²) in [5.74, 6) is 0. The van der Waals surface area contributed by atoms with Gasteiger partial charge in [-0.25, -0.2) is 0 Å². The molecule has 2 heteroatoms. The molecule has 0 aliphatic carbocycles. The molecule has 19 heavy (non-hydrogen) atoms. The first-order valence-corrected chi connectivity index (χ1v) is 6.88. The molecule has 0 fully saturated rings. The molecule has 1 N–H and O–H groups in total. The first-order valence-electron chi connectivity index (χ1n) is 6.88. The van der Waals surface area contributed by atoms with Crippen molar-refractivity contribution in [2.24, 2.45) is 0 Å². The Morgan fingerprint density at radius 2 is 1.68 bits per heavy atom. The molecule has 1 heterocycles. The van der Waals surface area contributed by atoms with Gasteiger partial charge in [-0.1, -0.05) is 18.2 Å². The van der Waals surface area contributed by atoms with E-state index in [1.165, 1.54) is 40.9 Å². The molecule has 0 radical (unpaired) electrons. The number of nitrogens with zero attached hydrogens (tertiary/aromatic N) is 1. The third-order valence-corrected chi connectivity index (χ3v) is 3.76. The molecular formula is C17H20N2. The molecule has 0 spiro atoms. The van der Waals surface area contributed by atoms with Crippen LogP contribution in [0.4, 0.5) is 11.4 Å². The van der Waals surface area contributed by atoms with E-state index < -0.39 is 0 Å². The number of nitrogens with one attached hydrogen (secondary N) is 1. The molecule has 1 aliphatic heterocycles. The summed E-state index contributed by atoms with van der Waals surface area (Å²) in [5.41, 5.74) is 6.59. The average molecular weight is 252 g/mol. The topological polar surface area (TPSA) is 15.3 Å². The van der Waals surface area contributed by atoms with Crippen molar-refractivity contribution in [1.82, 2.24) is 0 Å². The van der Waals surface area contributed by atoms with Crippen molar-refractivity contribution in [1.29, 1.82) is 0 Å². The summed E-state index contributed by atoms with van der Waals surface area (Å²) >= 11 is 0. The summed E-state index contributed by atoms with van der Waals surface area (Å²) in [6.45, 7) is 1.10. The van der Waals surface area contributed by atoms with Crippen LogP contribution in [-0.4, -0.2) is 20.6 Å². The molecular weight excluding hydrogens is 232 g/mol. The summed E-state index contributed by atoms with van der Waals surface area (Å²) in [5, 5.41) is 3.46. The second-order valence-electron chi connectivity index (χ2n) is 5.34. The lowest BCUT2D eigenvalue weighted by molar-refractivity contribution is 0.830. The minimum Gasteiger partial charge on any atom is -0.385 e. The molecule has 2 nitrogen and oxygen atoms in total. The lowest BCUT2D eigenvalue weighted by atomic mass is 9.97. The fraction of sp³-hybridized carbons (Fsp3) is 0.294. The van der Waals surface area contributed by atoms with Crippen molar-refractivity contribution in [3.63, 3.8) is 0 Å². The van der Waals surface area contributed by atoms with Gasteiger partial charge in [0.25, 0.3) is 0 Å². The van der Waals surface area contributed by atoms with Crippen molar-refractivity contribution in [3.05, 3.63) is 48.0 Å². The quantitative estimate of drug-likeness (QED) is 0.875. The normalized spacial score (nSPS) is 13.6. The summed E-state index contributed by atoms with van der Waals surface area (Å²) in [7, 11) is 4.14. The van der Waals surface area contributed by atoms with Crippen LogP contribution >= 0.6 is 0 Å². The van der Waals surface area contributed by atoms with E-state index in [0.29, 0.717) is 0 Å². The van der Waals surface area contributed by atoms with Gasteiger partial charge in [0.05, 0.1) is 0 Å². The molecule has 0 unspecified atom stereocenters. The summed E-state index contributed by atoms with van der Waals surface area (Å²) in [6.07, 6.45) is 2.42. The van der Waals surface area contributed by atoms with Gasteiger partial charge in [-0.3, -0.25) is 0 Å². The SMILES string of the molecule is CN(C)c1ccc(-c2ccc3c(c2)CCCN3)cc1. The Morgan fingerprint density at radius 3 is 2.42 bits per heavy atom. The maximum atomic E-state index is 3.46. The molecule has 3 rings (SSSR count). The minimum absolute atomic E-state index is 1.10. The van der Waals surface area contributed by atoms with E-state index in [2.05, 4.69) is 66.8 Å². The van der Waals surface area contributed by atoms with Crippen LogP contribution in [0.2, 0.25) is 0 Å². The number of anilines is 2. The highest BCUT2D eigenvalue weighted by atomic mass is 15.1. The molecule has 2 aromatic carbocycles. The van der Waals surface area contributed by atoms with Crippen LogP contribution < -0.4 is 10.2 Å². The van der Waals surface area contributed by atoms with Crippen LogP contribution in [0.1, 0.15) is 12.0 Å². The molecule has 0 saturated heterocycles. The maximum absolute atomic E-state index is 3.46. The predicted molar refractivity (Wildman–Crippen MR) is 83.0 cm³/mol. The molecule has 2 aromatic rings. The van der Waals surface area contributed by atoms with Gasteiger partial charge in [0.1, 0.15) is 0 Å². The Balaban J connectivity index is 1.93. The van der Waals surface area contributed by atoms with E-state index in [4.69, 9.17) is 0 Å². The summed E-state index contributed by atoms with van der Waals surface area (Å²) < 4.78 is 0. The van der Waals surface area contributed by atoms with Crippen LogP contribution in [0.5, 0.6) is 0 Å². The van der Waals surface area contributed by atoms with E-state index in [1.807, 2.05) is 0 Å². The molecule has 0 bridgehead atoms. The smallest absolute Gasteiger partial charge is 0.0373 e. The molecule has 0 saturated carbocycles. The standard InChI is InChI=1S/C17H20N2/c1-19(2)16-8-5-13(6-9-16)14-7-10-17-15(12-14)4-3-11-18-17/h5-10,12,18H,3-4,11H2,1-2H3. The van der Waals surface area contributed by atoms with Gasteiger partial charge in [0.15, 0.2) is 0 Å². The van der Waals surface area contributed by atoms with Crippen molar-refractivity contribution in [2.75, 3.05) is 30.9 Å². The number of rotatable bonds is 2. The highest BCUT2D eigenvalue weighted by molar-refractivity contribution is 5.70. The van der Waals surface area contributed by atoms with E-state index in [-0.39, 0.29) is 0 Å². The van der Waals surface area contributed by atoms with Gasteiger partial charge >= 0.3 is 0 Å². The zero-order valence-corrected chi connectivity index (χ0v) is 11.6. The maximum Gasteiger partial charge on any atom is 0.0373 e. The Bertz CT molecular complexity index is 570. The van der Waals surface area contributed by atoms with Crippen LogP contribution in [0.15, 0.2) is 42.5 Å². The minimum atomic E-state index is 1.10. The van der Waals surface area contributed by atoms with Crippen LogP contribution in [-0.2, 0) is 6.42 Å². The van der Waals surface area contributed by atoms with E-state index in [9.17, 15) is 0 Å². The van der Waals surface area contributed by atoms with E-state index in [0.717, 1.165) is 6.54 Å². The molecule has 1 aliphatic rings. The number of aryl methyl sites for hydroxylation is 1. The fourth-order valence-corrected chi connectivity index (χ4v) is 2.61. The second kappa shape index (κ2) is 4.96. The molecule has 98 valence electrons. The van der Waals surface area contributed by atoms with Crippen molar-refractivity contribution in [3.8, 4) is 11.1 Å². The van der Waals surface area contributed by atoms with E-state index >= 15 is 0 Å². The Morgan fingerprint density at radius 1 is 0.947 bits per heavy atom. The van der Waals surface area contributed by atoms with Crippen LogP contribution in [0.25, 0.3) is 11.1 Å². The fourth-order valence-electron chi connectivity index (χ4n) is 2.61. The highest BCUT2D eigenvalue weighted by Gasteiger charge is 2.09. The molecule has 0 atom stereocenters. The van der Waals surface area contributed by atoms with Crippen molar-refractivity contribution < 1.29 is 0 Å². The van der Waals surface area contributed by atoms with Gasteiger partial charge in [-0.15, -0.1) is 0 Å². The van der Waals surface area contributed by atoms with Gasteiger partial charge < -0.3 is 10.2 Å². The molecule has 0 aromatic heterocycles. The zero-order chi connectivity index (χ0) is 13.2. The predicted octanol–water partition coefficient (Wildman–Crippen LogP) is 3.78. The Labute approximate surface area is 115 Å². The number of hydrogen-bond acceptors (Lipinski definition) is 2. The van der Waals surface area contributed by atoms with Crippen molar-refractivity contribution >= 4 is 11.4 Å². The lowest BCUT2D eigenvalue weighted by Gasteiger charge is -2.19. The first-order chi connectivity index (χ1) is 9.24. The molecule has 0 amide bonds. The third-order valence-electron chi connectivity index (χ3n) is 3.76. The average Bonchev–Trinajstić information content (AvgIpc) is 2.47. The lowest BCUT2D eigenvalue weighted by Crippen LogP contribution is -2.11. The highest BCUT2D eigenvalue weighted by Crippen LogP contribution is 2.29. The van der Waals surface area contributed by atoms with Gasteiger partial charge in [-0.2, -0.15) is 0 Å². The third kappa shape index (κ3) is 2.43. The van der Waals surface area contributed by atoms with Gasteiger partial charge in [0.2, 0.25) is 0 Å². The van der Waals surface area contributed by atoms with Crippen LogP contribution in [0, 0.1) is 0 Å². The van der Waals surface area contributed by atoms with Crippen LogP contribution in [0.3, 0.4) is 0 Å². The summed E-state index contributed by atoms with van der Waals surface area (Å²) in [4.78, 5) is 2.13. The number of benzene rings is 2. The van der Waals surface area contributed by atoms with E-state index in [1.54, 1.807) is 0 Å². The van der Waals surface area contributed by atoms with Gasteiger partial charge in [0, 0.05) is 32.0 Å². The summed E-state index contributed by atoms with van der Waals surface area (Å²) in [6, 6.07) is 15.5. The zero-order valence-electron chi connectivity index (χ0n) is 11.6. The Hall–Kier alpha value is -1.96.